The lowest BCUT2D eigenvalue weighted by Crippen LogP contribution is -2.37. The summed E-state index contributed by atoms with van der Waals surface area (Å²) in [5, 5.41) is 9.01. The second kappa shape index (κ2) is 11.5. The lowest BCUT2D eigenvalue weighted by Gasteiger charge is -2.32. The second-order valence-electron chi connectivity index (χ2n) is 9.69. The van der Waals surface area contributed by atoms with E-state index in [1.54, 1.807) is 0 Å². The second-order valence-corrected chi connectivity index (χ2v) is 11.7. The number of fused-ring (bicyclic) bond motifs is 1. The zero-order valence-corrected chi connectivity index (χ0v) is 23.3. The standard InChI is InChI=1S/C27H29N5O3S.C2H6.H2/c1-18-3-6-22(15-23(18)26-29-24-11-14-32(36(2,34)35)17-25(24)30-26)27(33)31-12-9-21(10-13-31)20-7-4-19(16-28)5-8-20;1-2;/h3-8,15,21H,9-14,17H2,1-2H3,(H,29,30);1-2H3;1H. The van der Waals surface area contributed by atoms with E-state index in [-0.39, 0.29) is 13.9 Å². The zero-order valence-electron chi connectivity index (χ0n) is 22.5. The Bertz CT molecular complexity index is 1450. The first-order valence-electron chi connectivity index (χ1n) is 13.2. The maximum absolute atomic E-state index is 13.4. The highest BCUT2D eigenvalue weighted by Crippen LogP contribution is 2.30. The molecule has 0 atom stereocenters. The molecule has 3 heterocycles. The topological polar surface area (TPSA) is 110 Å². The Kier molecular flexibility index (Phi) is 8.34. The van der Waals surface area contributed by atoms with E-state index < -0.39 is 10.0 Å². The fourth-order valence-electron chi connectivity index (χ4n) is 5.12. The van der Waals surface area contributed by atoms with E-state index in [2.05, 4.69) is 11.1 Å². The van der Waals surface area contributed by atoms with Crippen LogP contribution in [0, 0.1) is 18.3 Å². The van der Waals surface area contributed by atoms with Crippen molar-refractivity contribution in [3.63, 3.8) is 0 Å². The van der Waals surface area contributed by atoms with E-state index in [4.69, 9.17) is 10.2 Å². The van der Waals surface area contributed by atoms with E-state index in [1.165, 1.54) is 16.1 Å². The van der Waals surface area contributed by atoms with E-state index in [9.17, 15) is 13.2 Å². The highest BCUT2D eigenvalue weighted by atomic mass is 32.2. The smallest absolute Gasteiger partial charge is 0.253 e. The van der Waals surface area contributed by atoms with Crippen LogP contribution >= 0.6 is 0 Å². The first-order valence-corrected chi connectivity index (χ1v) is 15.0. The van der Waals surface area contributed by atoms with Gasteiger partial charge in [0.15, 0.2) is 0 Å². The van der Waals surface area contributed by atoms with Gasteiger partial charge in [-0.1, -0.05) is 32.0 Å². The lowest BCUT2D eigenvalue weighted by molar-refractivity contribution is 0.0713. The lowest BCUT2D eigenvalue weighted by atomic mass is 9.89. The van der Waals surface area contributed by atoms with Gasteiger partial charge in [-0.3, -0.25) is 4.79 Å². The van der Waals surface area contributed by atoms with Crippen molar-refractivity contribution in [2.75, 3.05) is 25.9 Å². The molecule has 2 aliphatic rings. The zero-order chi connectivity index (χ0) is 27.4. The van der Waals surface area contributed by atoms with Crippen molar-refractivity contribution in [2.45, 2.75) is 52.5 Å². The number of nitriles is 1. The van der Waals surface area contributed by atoms with Gasteiger partial charge in [0, 0.05) is 38.6 Å². The number of carbonyl (C=O) groups is 1. The molecule has 3 aromatic rings. The van der Waals surface area contributed by atoms with Crippen molar-refractivity contribution in [3.8, 4) is 17.5 Å². The van der Waals surface area contributed by atoms with Crippen LogP contribution in [0.1, 0.15) is 72.5 Å². The number of aryl methyl sites for hydroxylation is 1. The number of sulfonamides is 1. The number of benzene rings is 2. The Labute approximate surface area is 226 Å². The molecule has 202 valence electrons. The maximum atomic E-state index is 13.4. The summed E-state index contributed by atoms with van der Waals surface area (Å²) in [6.07, 6.45) is 3.56. The number of H-pyrrole nitrogens is 1. The van der Waals surface area contributed by atoms with Gasteiger partial charge in [-0.15, -0.1) is 0 Å². The maximum Gasteiger partial charge on any atom is 0.253 e. The van der Waals surface area contributed by atoms with Crippen molar-refractivity contribution in [3.05, 3.63) is 76.1 Å². The van der Waals surface area contributed by atoms with Crippen LogP contribution in [0.15, 0.2) is 42.5 Å². The number of amides is 1. The minimum absolute atomic E-state index is 0. The third-order valence-corrected chi connectivity index (χ3v) is 8.55. The van der Waals surface area contributed by atoms with Crippen LogP contribution in [0.4, 0.5) is 0 Å². The number of likely N-dealkylation sites (tertiary alicyclic amines) is 1. The molecule has 5 rings (SSSR count). The molecule has 1 fully saturated rings. The van der Waals surface area contributed by atoms with Crippen LogP contribution in [0.5, 0.6) is 0 Å². The predicted octanol–water partition coefficient (Wildman–Crippen LogP) is 4.87. The summed E-state index contributed by atoms with van der Waals surface area (Å²) in [5.74, 6) is 1.06. The summed E-state index contributed by atoms with van der Waals surface area (Å²) in [7, 11) is -3.27. The number of hydrogen-bond donors (Lipinski definition) is 1. The van der Waals surface area contributed by atoms with Crippen LogP contribution in [-0.2, 0) is 23.0 Å². The monoisotopic (exact) mass is 535 g/mol. The third kappa shape index (κ3) is 5.82. The molecule has 8 nitrogen and oxygen atoms in total. The molecule has 2 aliphatic heterocycles. The summed E-state index contributed by atoms with van der Waals surface area (Å²) in [6.45, 7) is 8.06. The molecule has 0 radical (unpaired) electrons. The first kappa shape index (κ1) is 27.6. The fourth-order valence-corrected chi connectivity index (χ4v) is 5.90. The molecule has 0 unspecified atom stereocenters. The quantitative estimate of drug-likeness (QED) is 0.513. The number of rotatable bonds is 4. The Hall–Kier alpha value is -3.48. The number of aromatic amines is 1. The predicted molar refractivity (Wildman–Crippen MR) is 150 cm³/mol. The number of hydrogen-bond acceptors (Lipinski definition) is 5. The van der Waals surface area contributed by atoms with Crippen LogP contribution in [0.3, 0.4) is 0 Å². The van der Waals surface area contributed by atoms with E-state index >= 15 is 0 Å². The molecule has 1 N–H and O–H groups in total. The van der Waals surface area contributed by atoms with Gasteiger partial charge >= 0.3 is 0 Å². The summed E-state index contributed by atoms with van der Waals surface area (Å²) in [5.41, 5.74) is 6.04. The average Bonchev–Trinajstić information content (AvgIpc) is 3.37. The molecule has 38 heavy (non-hydrogen) atoms. The number of nitrogens with one attached hydrogen (secondary N) is 1. The Morgan fingerprint density at radius 3 is 2.42 bits per heavy atom. The van der Waals surface area contributed by atoms with Gasteiger partial charge in [0.1, 0.15) is 5.82 Å². The molecule has 0 aliphatic carbocycles. The number of nitrogens with zero attached hydrogens (tertiary/aromatic N) is 4. The SMILES string of the molecule is CC.Cc1ccc(C(=O)N2CCC(c3ccc(C#N)cc3)CC2)cc1-c1nc2c([nH]1)CN(S(C)(=O)=O)CC2.[HH]. The van der Waals surface area contributed by atoms with Gasteiger partial charge < -0.3 is 9.88 Å². The van der Waals surface area contributed by atoms with Gasteiger partial charge in [0.2, 0.25) is 10.0 Å². The highest BCUT2D eigenvalue weighted by molar-refractivity contribution is 7.88. The Morgan fingerprint density at radius 1 is 1.11 bits per heavy atom. The molecule has 9 heteroatoms. The van der Waals surface area contributed by atoms with Crippen molar-refractivity contribution >= 4 is 15.9 Å². The van der Waals surface area contributed by atoms with Gasteiger partial charge in [0.25, 0.3) is 5.91 Å². The van der Waals surface area contributed by atoms with E-state index in [0.717, 1.165) is 35.4 Å². The van der Waals surface area contributed by atoms with Gasteiger partial charge in [0.05, 0.1) is 35.8 Å². The van der Waals surface area contributed by atoms with Crippen molar-refractivity contribution in [2.24, 2.45) is 0 Å². The van der Waals surface area contributed by atoms with Gasteiger partial charge in [-0.25, -0.2) is 13.4 Å². The molecule has 0 bridgehead atoms. The fraction of sp³-hybridized carbons (Fsp3) is 0.414. The highest BCUT2D eigenvalue weighted by Gasteiger charge is 2.28. The number of imidazole rings is 1. The van der Waals surface area contributed by atoms with Gasteiger partial charge in [-0.2, -0.15) is 9.57 Å². The molecule has 1 aromatic heterocycles. The summed E-state index contributed by atoms with van der Waals surface area (Å²) < 4.78 is 25.4. The molecule has 1 saturated heterocycles. The van der Waals surface area contributed by atoms with E-state index in [0.29, 0.717) is 48.9 Å². The summed E-state index contributed by atoms with van der Waals surface area (Å²) in [4.78, 5) is 23.3. The van der Waals surface area contributed by atoms with Crippen LogP contribution in [-0.4, -0.2) is 59.4 Å². The first-order chi connectivity index (χ1) is 18.2. The third-order valence-electron chi connectivity index (χ3n) is 7.30. The van der Waals surface area contributed by atoms with Gasteiger partial charge in [-0.05, 0) is 61.1 Å². The molecule has 0 spiro atoms. The average molecular weight is 536 g/mol. The van der Waals surface area contributed by atoms with Crippen molar-refractivity contribution in [1.82, 2.24) is 19.2 Å². The largest absolute Gasteiger partial charge is 0.341 e. The number of carbonyl (C=O) groups excluding carboxylic acids is 1. The number of piperidine rings is 1. The minimum atomic E-state index is -3.27. The van der Waals surface area contributed by atoms with E-state index in [1.807, 2.05) is 68.1 Å². The van der Waals surface area contributed by atoms with Crippen molar-refractivity contribution in [1.29, 1.82) is 5.26 Å². The summed E-state index contributed by atoms with van der Waals surface area (Å²) >= 11 is 0. The van der Waals surface area contributed by atoms with Crippen molar-refractivity contribution < 1.29 is 14.6 Å². The minimum Gasteiger partial charge on any atom is -0.341 e. The van der Waals surface area contributed by atoms with Crippen LogP contribution < -0.4 is 0 Å². The molecular weight excluding hydrogens is 498 g/mol. The Balaban J connectivity index is 0.00000137. The molecule has 1 amide bonds. The van der Waals surface area contributed by atoms with Crippen LogP contribution in [0.2, 0.25) is 0 Å². The Morgan fingerprint density at radius 2 is 1.79 bits per heavy atom. The summed E-state index contributed by atoms with van der Waals surface area (Å²) in [6, 6.07) is 15.6. The molecule has 0 saturated carbocycles. The number of aromatic nitrogens is 2. The normalized spacial score (nSPS) is 16.2. The van der Waals surface area contributed by atoms with Crippen LogP contribution in [0.25, 0.3) is 11.4 Å². The molecular formula is C29H37N5O3S. The molecule has 2 aromatic carbocycles.